The minimum Gasteiger partial charge on any atom is -0.481 e. The summed E-state index contributed by atoms with van der Waals surface area (Å²) >= 11 is 0. The second-order valence-electron chi connectivity index (χ2n) is 4.29. The summed E-state index contributed by atoms with van der Waals surface area (Å²) in [6, 6.07) is 3.71. The van der Waals surface area contributed by atoms with Crippen LogP contribution in [0.4, 0.5) is 0 Å². The average Bonchev–Trinajstić information content (AvgIpc) is 2.75. The molecule has 0 aliphatic heterocycles. The van der Waals surface area contributed by atoms with Gasteiger partial charge in [-0.25, -0.2) is 4.98 Å². The quantitative estimate of drug-likeness (QED) is 0.855. The Morgan fingerprint density at radius 2 is 2.06 bits per heavy atom. The lowest BCUT2D eigenvalue weighted by atomic mass is 10.0. The topological polar surface area (TPSA) is 60.2 Å². The first kappa shape index (κ1) is 12.6. The van der Waals surface area contributed by atoms with Gasteiger partial charge in [0.2, 0.25) is 5.88 Å². The summed E-state index contributed by atoms with van der Waals surface area (Å²) < 4.78 is 6.72. The molecule has 0 amide bonds. The van der Waals surface area contributed by atoms with E-state index < -0.39 is 6.10 Å². The van der Waals surface area contributed by atoms with Crippen molar-refractivity contribution in [1.29, 1.82) is 0 Å². The highest BCUT2D eigenvalue weighted by Gasteiger charge is 2.08. The Labute approximate surface area is 106 Å². The normalized spacial score (nSPS) is 12.4. The predicted molar refractivity (Wildman–Crippen MR) is 67.4 cm³/mol. The first-order chi connectivity index (χ1) is 8.67. The largest absolute Gasteiger partial charge is 0.481 e. The van der Waals surface area contributed by atoms with Crippen molar-refractivity contribution < 1.29 is 9.84 Å². The number of aryl methyl sites for hydroxylation is 1. The molecule has 2 aromatic heterocycles. The van der Waals surface area contributed by atoms with E-state index in [0.29, 0.717) is 18.7 Å². The predicted octanol–water partition coefficient (Wildman–Crippen LogP) is 0.970. The van der Waals surface area contributed by atoms with Gasteiger partial charge < -0.3 is 9.84 Å². The zero-order valence-corrected chi connectivity index (χ0v) is 10.6. The fourth-order valence-corrected chi connectivity index (χ4v) is 1.85. The summed E-state index contributed by atoms with van der Waals surface area (Å²) in [4.78, 5) is 4.11. The van der Waals surface area contributed by atoms with E-state index in [9.17, 15) is 5.11 Å². The van der Waals surface area contributed by atoms with Crippen molar-refractivity contribution in [3.8, 4) is 5.88 Å². The molecular weight excluding hydrogens is 230 g/mol. The molecule has 1 N–H and O–H groups in total. The molecule has 18 heavy (non-hydrogen) atoms. The lowest BCUT2D eigenvalue weighted by Crippen LogP contribution is -2.13. The van der Waals surface area contributed by atoms with Crippen LogP contribution in [0.3, 0.4) is 0 Å². The number of rotatable bonds is 5. The molecule has 1 unspecified atom stereocenters. The van der Waals surface area contributed by atoms with Crippen molar-refractivity contribution in [2.45, 2.75) is 18.9 Å². The van der Waals surface area contributed by atoms with E-state index in [1.807, 2.05) is 19.3 Å². The Balaban J connectivity index is 1.91. The molecule has 0 bridgehead atoms. The van der Waals surface area contributed by atoms with Crippen molar-refractivity contribution in [3.05, 3.63) is 41.9 Å². The standard InChI is InChI=1S/C13H17N3O2/c1-16-9-11(8-15-16)6-12(17)5-10-3-4-13(18-2)14-7-10/h3-4,7-9,12,17H,5-6H2,1-2H3. The van der Waals surface area contributed by atoms with Gasteiger partial charge in [0.25, 0.3) is 0 Å². The maximum Gasteiger partial charge on any atom is 0.212 e. The molecule has 0 aliphatic carbocycles. The lowest BCUT2D eigenvalue weighted by molar-refractivity contribution is 0.175. The highest BCUT2D eigenvalue weighted by Crippen LogP contribution is 2.11. The number of nitrogens with zero attached hydrogens (tertiary/aromatic N) is 3. The first-order valence-electron chi connectivity index (χ1n) is 5.82. The van der Waals surface area contributed by atoms with Crippen molar-refractivity contribution in [3.63, 3.8) is 0 Å². The van der Waals surface area contributed by atoms with Gasteiger partial charge in [-0.1, -0.05) is 6.07 Å². The number of aromatic nitrogens is 3. The number of pyridine rings is 1. The van der Waals surface area contributed by atoms with E-state index in [1.54, 1.807) is 30.3 Å². The smallest absolute Gasteiger partial charge is 0.212 e. The summed E-state index contributed by atoms with van der Waals surface area (Å²) in [5, 5.41) is 14.1. The van der Waals surface area contributed by atoms with Crippen molar-refractivity contribution >= 4 is 0 Å². The Hall–Kier alpha value is -1.88. The molecule has 0 aromatic carbocycles. The Morgan fingerprint density at radius 3 is 2.61 bits per heavy atom. The van der Waals surface area contributed by atoms with Crippen LogP contribution in [0.2, 0.25) is 0 Å². The molecule has 0 fully saturated rings. The Kier molecular flexibility index (Phi) is 3.94. The molecule has 2 aromatic rings. The molecule has 2 rings (SSSR count). The van der Waals surface area contributed by atoms with E-state index in [-0.39, 0.29) is 0 Å². The molecule has 0 spiro atoms. The van der Waals surface area contributed by atoms with Crippen molar-refractivity contribution in [2.75, 3.05) is 7.11 Å². The third kappa shape index (κ3) is 3.30. The molecule has 0 saturated carbocycles. The average molecular weight is 247 g/mol. The molecule has 2 heterocycles. The molecule has 5 nitrogen and oxygen atoms in total. The third-order valence-electron chi connectivity index (χ3n) is 2.71. The van der Waals surface area contributed by atoms with Gasteiger partial charge in [-0.15, -0.1) is 0 Å². The SMILES string of the molecule is COc1ccc(CC(O)Cc2cnn(C)c2)cn1. The number of ether oxygens (including phenoxy) is 1. The Bertz CT molecular complexity index is 493. The van der Waals surface area contributed by atoms with Crippen LogP contribution in [-0.4, -0.2) is 33.1 Å². The van der Waals surface area contributed by atoms with Gasteiger partial charge in [-0.3, -0.25) is 4.68 Å². The third-order valence-corrected chi connectivity index (χ3v) is 2.71. The molecule has 0 aliphatic rings. The fraction of sp³-hybridized carbons (Fsp3) is 0.385. The summed E-state index contributed by atoms with van der Waals surface area (Å²) in [6.45, 7) is 0. The maximum absolute atomic E-state index is 10.00. The van der Waals surface area contributed by atoms with Crippen molar-refractivity contribution in [2.24, 2.45) is 7.05 Å². The Morgan fingerprint density at radius 1 is 1.28 bits per heavy atom. The second kappa shape index (κ2) is 5.64. The van der Waals surface area contributed by atoms with Crippen LogP contribution in [0.25, 0.3) is 0 Å². The summed E-state index contributed by atoms with van der Waals surface area (Å²) in [5.41, 5.74) is 2.03. The van der Waals surface area contributed by atoms with Crippen LogP contribution in [0, 0.1) is 0 Å². The highest BCUT2D eigenvalue weighted by atomic mass is 16.5. The highest BCUT2D eigenvalue weighted by molar-refractivity contribution is 5.19. The van der Waals surface area contributed by atoms with Crippen LogP contribution >= 0.6 is 0 Å². The van der Waals surface area contributed by atoms with Gasteiger partial charge in [0.15, 0.2) is 0 Å². The number of hydrogen-bond acceptors (Lipinski definition) is 4. The van der Waals surface area contributed by atoms with Crippen LogP contribution in [0.15, 0.2) is 30.7 Å². The van der Waals surface area contributed by atoms with E-state index in [4.69, 9.17) is 4.74 Å². The van der Waals surface area contributed by atoms with E-state index >= 15 is 0 Å². The molecule has 1 atom stereocenters. The van der Waals surface area contributed by atoms with Gasteiger partial charge in [0.05, 0.1) is 19.4 Å². The van der Waals surface area contributed by atoms with Crippen LogP contribution in [-0.2, 0) is 19.9 Å². The minimum absolute atomic E-state index is 0.426. The molecule has 0 saturated heterocycles. The molecule has 5 heteroatoms. The minimum atomic E-state index is -0.426. The van der Waals surface area contributed by atoms with Gasteiger partial charge in [0.1, 0.15) is 0 Å². The van der Waals surface area contributed by atoms with Gasteiger partial charge in [-0.05, 0) is 11.1 Å². The molecule has 0 radical (unpaired) electrons. The maximum atomic E-state index is 10.00. The second-order valence-corrected chi connectivity index (χ2v) is 4.29. The van der Waals surface area contributed by atoms with Gasteiger partial charge in [-0.2, -0.15) is 5.10 Å². The van der Waals surface area contributed by atoms with Gasteiger partial charge >= 0.3 is 0 Å². The van der Waals surface area contributed by atoms with E-state index in [2.05, 4.69) is 10.1 Å². The number of hydrogen-bond donors (Lipinski definition) is 1. The summed E-state index contributed by atoms with van der Waals surface area (Å²) in [5.74, 6) is 0.584. The number of methoxy groups -OCH3 is 1. The monoisotopic (exact) mass is 247 g/mol. The van der Waals surface area contributed by atoms with E-state index in [0.717, 1.165) is 11.1 Å². The number of aliphatic hydroxyl groups excluding tert-OH is 1. The van der Waals surface area contributed by atoms with Crippen molar-refractivity contribution in [1.82, 2.24) is 14.8 Å². The van der Waals surface area contributed by atoms with Crippen LogP contribution in [0.5, 0.6) is 5.88 Å². The van der Waals surface area contributed by atoms with Crippen LogP contribution in [0.1, 0.15) is 11.1 Å². The molecule has 96 valence electrons. The van der Waals surface area contributed by atoms with Gasteiger partial charge in [0, 0.05) is 38.3 Å². The van der Waals surface area contributed by atoms with E-state index in [1.165, 1.54) is 0 Å². The van der Waals surface area contributed by atoms with Crippen LogP contribution < -0.4 is 4.74 Å². The fourth-order valence-electron chi connectivity index (χ4n) is 1.85. The zero-order valence-electron chi connectivity index (χ0n) is 10.6. The number of aliphatic hydroxyl groups is 1. The molecular formula is C13H17N3O2. The summed E-state index contributed by atoms with van der Waals surface area (Å²) in [7, 11) is 3.45. The first-order valence-corrected chi connectivity index (χ1v) is 5.82. The lowest BCUT2D eigenvalue weighted by Gasteiger charge is -2.09. The zero-order chi connectivity index (χ0) is 13.0. The summed E-state index contributed by atoms with van der Waals surface area (Å²) in [6.07, 6.45) is 6.16.